The number of aliphatic imine (C=N–C) groups is 1. The van der Waals surface area contributed by atoms with Crippen molar-refractivity contribution in [2.75, 3.05) is 31.6 Å². The summed E-state index contributed by atoms with van der Waals surface area (Å²) in [6.07, 6.45) is 7.59. The fourth-order valence-electron chi connectivity index (χ4n) is 3.75. The van der Waals surface area contributed by atoms with Gasteiger partial charge in [0, 0.05) is 37.4 Å². The monoisotopic (exact) mass is 458 g/mol. The van der Waals surface area contributed by atoms with Crippen LogP contribution >= 0.6 is 24.0 Å². The van der Waals surface area contributed by atoms with Gasteiger partial charge in [-0.3, -0.25) is 4.99 Å². The smallest absolute Gasteiger partial charge is 0.188 e. The molecule has 0 radical (unpaired) electrons. The Balaban J connectivity index is 0.00000225. The van der Waals surface area contributed by atoms with Gasteiger partial charge in [0.25, 0.3) is 0 Å². The van der Waals surface area contributed by atoms with E-state index in [-0.39, 0.29) is 24.0 Å². The van der Waals surface area contributed by atoms with Gasteiger partial charge in [-0.15, -0.1) is 24.0 Å². The third-order valence-corrected chi connectivity index (χ3v) is 5.18. The van der Waals surface area contributed by atoms with Crippen molar-refractivity contribution in [2.45, 2.75) is 44.6 Å². The summed E-state index contributed by atoms with van der Waals surface area (Å²) in [4.78, 5) is 7.00. The van der Waals surface area contributed by atoms with Crippen molar-refractivity contribution >= 4 is 35.6 Å². The molecule has 0 bridgehead atoms. The Morgan fingerprint density at radius 2 is 2.08 bits per heavy atom. The summed E-state index contributed by atoms with van der Waals surface area (Å²) in [5, 5.41) is 3.40. The number of benzene rings is 1. The van der Waals surface area contributed by atoms with Crippen molar-refractivity contribution in [3.63, 3.8) is 0 Å². The van der Waals surface area contributed by atoms with Crippen LogP contribution in [0, 0.1) is 5.92 Å². The Kier molecular flexibility index (Phi) is 8.12. The van der Waals surface area contributed by atoms with Gasteiger partial charge < -0.3 is 20.7 Å². The molecule has 2 fully saturated rings. The summed E-state index contributed by atoms with van der Waals surface area (Å²) in [5.74, 6) is 2.11. The molecule has 5 nitrogen and oxygen atoms in total. The first kappa shape index (κ1) is 20.1. The van der Waals surface area contributed by atoms with Crippen LogP contribution in [-0.2, 0) is 0 Å². The van der Waals surface area contributed by atoms with Gasteiger partial charge >= 0.3 is 0 Å². The normalized spacial score (nSPS) is 21.7. The van der Waals surface area contributed by atoms with E-state index in [1.165, 1.54) is 37.8 Å². The molecule has 2 aliphatic rings. The summed E-state index contributed by atoms with van der Waals surface area (Å²) in [6.45, 7) is 2.92. The highest BCUT2D eigenvalue weighted by Crippen LogP contribution is 2.27. The van der Waals surface area contributed by atoms with Crippen molar-refractivity contribution in [2.24, 2.45) is 16.6 Å². The maximum atomic E-state index is 6.08. The van der Waals surface area contributed by atoms with Gasteiger partial charge in [0.2, 0.25) is 0 Å². The average molecular weight is 458 g/mol. The molecule has 1 aliphatic heterocycles. The lowest BCUT2D eigenvalue weighted by atomic mass is 9.96. The molecule has 1 saturated carbocycles. The highest BCUT2D eigenvalue weighted by molar-refractivity contribution is 14.0. The standard InChI is InChI=1S/C19H30N4O.HI/c1-24-18-9-5-8-17(12-18)23-11-10-15(14-23)13-21-19(20)22-16-6-3-2-4-7-16;/h5,8-9,12,15-16H,2-4,6-7,10-11,13-14H2,1H3,(H3,20,21,22);1H. The molecule has 1 unspecified atom stereocenters. The molecule has 6 heteroatoms. The van der Waals surface area contributed by atoms with Crippen LogP contribution in [0.2, 0.25) is 0 Å². The minimum Gasteiger partial charge on any atom is -0.497 e. The van der Waals surface area contributed by atoms with E-state index in [0.717, 1.165) is 31.8 Å². The lowest BCUT2D eigenvalue weighted by molar-refractivity contribution is 0.412. The van der Waals surface area contributed by atoms with Crippen LogP contribution in [0.25, 0.3) is 0 Å². The number of hydrogen-bond donors (Lipinski definition) is 2. The molecule has 1 aromatic carbocycles. The number of halogens is 1. The molecule has 140 valence electrons. The van der Waals surface area contributed by atoms with Gasteiger partial charge in [-0.2, -0.15) is 0 Å². The Hall–Kier alpha value is -1.18. The summed E-state index contributed by atoms with van der Waals surface area (Å²) < 4.78 is 5.32. The maximum Gasteiger partial charge on any atom is 0.188 e. The molecule has 0 aromatic heterocycles. The highest BCUT2D eigenvalue weighted by atomic mass is 127. The first-order valence-electron chi connectivity index (χ1n) is 9.20. The minimum atomic E-state index is 0. The topological polar surface area (TPSA) is 62.9 Å². The van der Waals surface area contributed by atoms with Crippen molar-refractivity contribution < 1.29 is 4.74 Å². The van der Waals surface area contributed by atoms with Crippen LogP contribution in [0.3, 0.4) is 0 Å². The van der Waals surface area contributed by atoms with E-state index in [0.29, 0.717) is 17.9 Å². The molecule has 25 heavy (non-hydrogen) atoms. The summed E-state index contributed by atoms with van der Waals surface area (Å²) in [5.41, 5.74) is 7.31. The number of guanidine groups is 1. The zero-order chi connectivity index (χ0) is 16.8. The second kappa shape index (κ2) is 10.1. The number of nitrogens with two attached hydrogens (primary N) is 1. The number of methoxy groups -OCH3 is 1. The minimum absolute atomic E-state index is 0. The zero-order valence-corrected chi connectivity index (χ0v) is 17.4. The molecule has 1 saturated heterocycles. The molecule has 0 amide bonds. The van der Waals surface area contributed by atoms with E-state index in [1.54, 1.807) is 7.11 Å². The van der Waals surface area contributed by atoms with Crippen molar-refractivity contribution in [3.8, 4) is 5.75 Å². The van der Waals surface area contributed by atoms with Crippen molar-refractivity contribution in [1.82, 2.24) is 5.32 Å². The van der Waals surface area contributed by atoms with Gasteiger partial charge in [-0.1, -0.05) is 25.3 Å². The fourth-order valence-corrected chi connectivity index (χ4v) is 3.75. The third kappa shape index (κ3) is 5.94. The SMILES string of the molecule is COc1cccc(N2CCC(CN=C(N)NC3CCCCC3)C2)c1.I. The number of hydrogen-bond acceptors (Lipinski definition) is 3. The number of anilines is 1. The zero-order valence-electron chi connectivity index (χ0n) is 15.1. The highest BCUT2D eigenvalue weighted by Gasteiger charge is 2.23. The summed E-state index contributed by atoms with van der Waals surface area (Å²) in [7, 11) is 1.71. The van der Waals surface area contributed by atoms with E-state index < -0.39 is 0 Å². The second-order valence-corrected chi connectivity index (χ2v) is 7.01. The van der Waals surface area contributed by atoms with Crippen LogP contribution < -0.4 is 20.7 Å². The molecule has 3 N–H and O–H groups in total. The van der Waals surface area contributed by atoms with Crippen LogP contribution in [0.5, 0.6) is 5.75 Å². The van der Waals surface area contributed by atoms with Crippen LogP contribution in [-0.4, -0.2) is 38.7 Å². The second-order valence-electron chi connectivity index (χ2n) is 7.01. The van der Waals surface area contributed by atoms with E-state index in [9.17, 15) is 0 Å². The van der Waals surface area contributed by atoms with Gasteiger partial charge in [0.05, 0.1) is 7.11 Å². The van der Waals surface area contributed by atoms with Gasteiger partial charge in [-0.25, -0.2) is 0 Å². The fraction of sp³-hybridized carbons (Fsp3) is 0.632. The van der Waals surface area contributed by atoms with Crippen LogP contribution in [0.1, 0.15) is 38.5 Å². The van der Waals surface area contributed by atoms with Gasteiger partial charge in [-0.05, 0) is 37.3 Å². The molecular weight excluding hydrogens is 427 g/mol. The Morgan fingerprint density at radius 3 is 2.84 bits per heavy atom. The number of ether oxygens (including phenoxy) is 1. The lowest BCUT2D eigenvalue weighted by Gasteiger charge is -2.23. The Labute approximate surface area is 168 Å². The van der Waals surface area contributed by atoms with Crippen LogP contribution in [0.4, 0.5) is 5.69 Å². The van der Waals surface area contributed by atoms with Crippen LogP contribution in [0.15, 0.2) is 29.3 Å². The predicted octanol–water partition coefficient (Wildman–Crippen LogP) is 3.38. The number of nitrogens with one attached hydrogen (secondary N) is 1. The summed E-state index contributed by atoms with van der Waals surface area (Å²) >= 11 is 0. The largest absolute Gasteiger partial charge is 0.497 e. The summed E-state index contributed by atoms with van der Waals surface area (Å²) in [6, 6.07) is 8.81. The Morgan fingerprint density at radius 1 is 1.28 bits per heavy atom. The van der Waals surface area contributed by atoms with Gasteiger partial charge in [0.1, 0.15) is 5.75 Å². The number of nitrogens with zero attached hydrogens (tertiary/aromatic N) is 2. The Bertz CT molecular complexity index is 560. The molecular formula is C19H31IN4O. The van der Waals surface area contributed by atoms with Gasteiger partial charge in [0.15, 0.2) is 5.96 Å². The predicted molar refractivity (Wildman–Crippen MR) is 115 cm³/mol. The maximum absolute atomic E-state index is 6.08. The quantitative estimate of drug-likeness (QED) is 0.404. The molecule has 1 atom stereocenters. The van der Waals surface area contributed by atoms with E-state index in [4.69, 9.17) is 10.5 Å². The lowest BCUT2D eigenvalue weighted by Crippen LogP contribution is -2.41. The van der Waals surface area contributed by atoms with Crippen molar-refractivity contribution in [3.05, 3.63) is 24.3 Å². The van der Waals surface area contributed by atoms with E-state index >= 15 is 0 Å². The first-order valence-corrected chi connectivity index (χ1v) is 9.20. The van der Waals surface area contributed by atoms with Crippen molar-refractivity contribution in [1.29, 1.82) is 0 Å². The molecule has 3 rings (SSSR count). The molecule has 1 heterocycles. The third-order valence-electron chi connectivity index (χ3n) is 5.18. The molecule has 1 aliphatic carbocycles. The number of rotatable bonds is 5. The van der Waals surface area contributed by atoms with E-state index in [2.05, 4.69) is 27.3 Å². The first-order chi connectivity index (χ1) is 11.7. The average Bonchev–Trinajstić information content (AvgIpc) is 3.10. The van der Waals surface area contributed by atoms with E-state index in [1.807, 2.05) is 12.1 Å². The molecule has 0 spiro atoms. The molecule has 1 aromatic rings.